The standard InChI is InChI=1S/C9H17ClO3S/c1-2-13-8-6-4-3-5-7-9(8)14(10,11)12/h8-9H,2-7H2,1H3/t8-,9+/m1/s1. The highest BCUT2D eigenvalue weighted by Crippen LogP contribution is 2.27. The van der Waals surface area contributed by atoms with Gasteiger partial charge in [0.2, 0.25) is 9.05 Å². The molecule has 0 saturated heterocycles. The van der Waals surface area contributed by atoms with Gasteiger partial charge in [0.15, 0.2) is 0 Å². The topological polar surface area (TPSA) is 43.4 Å². The molecule has 0 aromatic rings. The lowest BCUT2D eigenvalue weighted by molar-refractivity contribution is 0.0551. The van der Waals surface area contributed by atoms with Gasteiger partial charge in [0.25, 0.3) is 0 Å². The van der Waals surface area contributed by atoms with E-state index in [1.54, 1.807) is 0 Å². The lowest BCUT2D eigenvalue weighted by atomic mass is 10.1. The van der Waals surface area contributed by atoms with E-state index in [0.717, 1.165) is 25.7 Å². The van der Waals surface area contributed by atoms with Crippen molar-refractivity contribution >= 4 is 19.7 Å². The zero-order valence-electron chi connectivity index (χ0n) is 8.41. The van der Waals surface area contributed by atoms with Gasteiger partial charge >= 0.3 is 0 Å². The van der Waals surface area contributed by atoms with Gasteiger partial charge in [-0.1, -0.05) is 19.3 Å². The molecule has 0 spiro atoms. The number of hydrogen-bond acceptors (Lipinski definition) is 3. The van der Waals surface area contributed by atoms with Crippen LogP contribution < -0.4 is 0 Å². The monoisotopic (exact) mass is 240 g/mol. The summed E-state index contributed by atoms with van der Waals surface area (Å²) in [5.74, 6) is 0. The van der Waals surface area contributed by atoms with Crippen LogP contribution in [-0.2, 0) is 13.8 Å². The second-order valence-corrected chi connectivity index (χ2v) is 6.49. The molecule has 0 bridgehead atoms. The first kappa shape index (κ1) is 12.3. The van der Waals surface area contributed by atoms with Crippen LogP contribution in [0.15, 0.2) is 0 Å². The molecule has 14 heavy (non-hydrogen) atoms. The van der Waals surface area contributed by atoms with Crippen LogP contribution in [0.5, 0.6) is 0 Å². The van der Waals surface area contributed by atoms with Crippen LogP contribution in [-0.4, -0.2) is 26.4 Å². The zero-order chi connectivity index (χ0) is 10.6. The third-order valence-electron chi connectivity index (χ3n) is 2.63. The Balaban J connectivity index is 2.74. The van der Waals surface area contributed by atoms with E-state index in [-0.39, 0.29) is 6.10 Å². The Bertz CT molecular complexity index is 263. The molecule has 3 nitrogen and oxygen atoms in total. The molecule has 84 valence electrons. The van der Waals surface area contributed by atoms with E-state index in [0.29, 0.717) is 13.0 Å². The van der Waals surface area contributed by atoms with Gasteiger partial charge in [0.05, 0.1) is 6.10 Å². The smallest absolute Gasteiger partial charge is 0.238 e. The summed E-state index contributed by atoms with van der Waals surface area (Å²) < 4.78 is 28.1. The molecule has 0 aromatic carbocycles. The normalized spacial score (nSPS) is 29.9. The van der Waals surface area contributed by atoms with Crippen molar-refractivity contribution in [2.45, 2.75) is 50.4 Å². The number of rotatable bonds is 3. The molecule has 2 atom stereocenters. The van der Waals surface area contributed by atoms with Crippen molar-refractivity contribution in [2.24, 2.45) is 0 Å². The molecule has 0 N–H and O–H groups in total. The molecule has 1 rings (SSSR count). The van der Waals surface area contributed by atoms with Gasteiger partial charge in [-0.2, -0.15) is 0 Å². The third kappa shape index (κ3) is 3.41. The number of hydrogen-bond donors (Lipinski definition) is 0. The Morgan fingerprint density at radius 1 is 1.29 bits per heavy atom. The summed E-state index contributed by atoms with van der Waals surface area (Å²) in [6.45, 7) is 2.43. The lowest BCUT2D eigenvalue weighted by Crippen LogP contribution is -2.32. The fourth-order valence-electron chi connectivity index (χ4n) is 1.97. The summed E-state index contributed by atoms with van der Waals surface area (Å²) >= 11 is 0. The van der Waals surface area contributed by atoms with Crippen LogP contribution in [0.2, 0.25) is 0 Å². The van der Waals surface area contributed by atoms with Gasteiger partial charge in [-0.15, -0.1) is 0 Å². The van der Waals surface area contributed by atoms with Crippen molar-refractivity contribution in [1.29, 1.82) is 0 Å². The molecule has 5 heteroatoms. The predicted molar refractivity (Wildman–Crippen MR) is 57.1 cm³/mol. The fourth-order valence-corrected chi connectivity index (χ4v) is 3.60. The Morgan fingerprint density at radius 2 is 1.93 bits per heavy atom. The van der Waals surface area contributed by atoms with Crippen molar-refractivity contribution in [3.05, 3.63) is 0 Å². The number of halogens is 1. The molecule has 0 radical (unpaired) electrons. The average Bonchev–Trinajstić information content (AvgIpc) is 2.29. The zero-order valence-corrected chi connectivity index (χ0v) is 9.98. The van der Waals surface area contributed by atoms with Crippen LogP contribution in [0.25, 0.3) is 0 Å². The Morgan fingerprint density at radius 3 is 2.50 bits per heavy atom. The van der Waals surface area contributed by atoms with Gasteiger partial charge in [-0.05, 0) is 19.8 Å². The largest absolute Gasteiger partial charge is 0.377 e. The van der Waals surface area contributed by atoms with Crippen LogP contribution in [0.1, 0.15) is 39.0 Å². The van der Waals surface area contributed by atoms with Crippen LogP contribution >= 0.6 is 10.7 Å². The van der Waals surface area contributed by atoms with Gasteiger partial charge in [0, 0.05) is 17.3 Å². The molecule has 0 unspecified atom stereocenters. The molecular formula is C9H17ClO3S. The summed E-state index contributed by atoms with van der Waals surface area (Å²) in [6.07, 6.45) is 4.28. The first-order valence-electron chi connectivity index (χ1n) is 5.10. The third-order valence-corrected chi connectivity index (χ3v) is 4.58. The van der Waals surface area contributed by atoms with Crippen molar-refractivity contribution in [1.82, 2.24) is 0 Å². The summed E-state index contributed by atoms with van der Waals surface area (Å²) in [4.78, 5) is 0. The second-order valence-electron chi connectivity index (χ2n) is 3.65. The quantitative estimate of drug-likeness (QED) is 0.562. The van der Waals surface area contributed by atoms with E-state index in [9.17, 15) is 8.42 Å². The van der Waals surface area contributed by atoms with Gasteiger partial charge in [-0.3, -0.25) is 0 Å². The van der Waals surface area contributed by atoms with Crippen LogP contribution in [0, 0.1) is 0 Å². The first-order valence-corrected chi connectivity index (χ1v) is 7.48. The van der Waals surface area contributed by atoms with Gasteiger partial charge in [0.1, 0.15) is 5.25 Å². The maximum absolute atomic E-state index is 11.3. The molecule has 0 amide bonds. The Labute approximate surface area is 90.2 Å². The fraction of sp³-hybridized carbons (Fsp3) is 1.00. The Hall–Kier alpha value is 0.200. The minimum absolute atomic E-state index is 0.204. The Kier molecular flexibility index (Phi) is 4.67. The van der Waals surface area contributed by atoms with E-state index >= 15 is 0 Å². The van der Waals surface area contributed by atoms with Crippen LogP contribution in [0.3, 0.4) is 0 Å². The summed E-state index contributed by atoms with van der Waals surface area (Å²) in [5.41, 5.74) is 0. The molecule has 0 aromatic heterocycles. The molecule has 0 heterocycles. The SMILES string of the molecule is CCO[C@@H]1CCCCC[C@@H]1S(=O)(=O)Cl. The highest BCUT2D eigenvalue weighted by molar-refractivity contribution is 8.14. The highest BCUT2D eigenvalue weighted by atomic mass is 35.7. The van der Waals surface area contributed by atoms with E-state index < -0.39 is 14.3 Å². The van der Waals surface area contributed by atoms with E-state index in [1.807, 2.05) is 6.92 Å². The minimum Gasteiger partial charge on any atom is -0.377 e. The summed E-state index contributed by atoms with van der Waals surface area (Å²) in [7, 11) is 1.93. The van der Waals surface area contributed by atoms with E-state index in [4.69, 9.17) is 15.4 Å². The summed E-state index contributed by atoms with van der Waals surface area (Å²) in [6, 6.07) is 0. The molecule has 0 aliphatic heterocycles. The molecule has 1 fully saturated rings. The molecular weight excluding hydrogens is 224 g/mol. The summed E-state index contributed by atoms with van der Waals surface area (Å²) in [5, 5.41) is -0.508. The molecule has 1 aliphatic rings. The van der Waals surface area contributed by atoms with Crippen molar-refractivity contribution < 1.29 is 13.2 Å². The van der Waals surface area contributed by atoms with Gasteiger partial charge in [-0.25, -0.2) is 8.42 Å². The predicted octanol–water partition coefficient (Wildman–Crippen LogP) is 2.29. The maximum Gasteiger partial charge on any atom is 0.238 e. The lowest BCUT2D eigenvalue weighted by Gasteiger charge is -2.21. The van der Waals surface area contributed by atoms with Crippen molar-refractivity contribution in [3.63, 3.8) is 0 Å². The molecule has 1 saturated carbocycles. The van der Waals surface area contributed by atoms with Gasteiger partial charge < -0.3 is 4.74 Å². The average molecular weight is 241 g/mol. The van der Waals surface area contributed by atoms with Crippen LogP contribution in [0.4, 0.5) is 0 Å². The van der Waals surface area contributed by atoms with E-state index in [1.165, 1.54) is 0 Å². The highest BCUT2D eigenvalue weighted by Gasteiger charge is 2.33. The minimum atomic E-state index is -3.47. The van der Waals surface area contributed by atoms with Crippen molar-refractivity contribution in [3.8, 4) is 0 Å². The second kappa shape index (κ2) is 5.33. The number of ether oxygens (including phenoxy) is 1. The van der Waals surface area contributed by atoms with E-state index in [2.05, 4.69) is 0 Å². The molecule has 1 aliphatic carbocycles. The van der Waals surface area contributed by atoms with Crippen molar-refractivity contribution in [2.75, 3.05) is 6.61 Å². The first-order chi connectivity index (χ1) is 6.55. The maximum atomic E-state index is 11.3.